The first-order chi connectivity index (χ1) is 13.8. The molecule has 0 aliphatic carbocycles. The molecule has 2 amide bonds. The molecule has 3 rings (SSSR count). The van der Waals surface area contributed by atoms with E-state index >= 15 is 0 Å². The summed E-state index contributed by atoms with van der Waals surface area (Å²) in [5, 5.41) is 2.85. The highest BCUT2D eigenvalue weighted by molar-refractivity contribution is 6.03. The average molecular weight is 396 g/mol. The van der Waals surface area contributed by atoms with E-state index in [9.17, 15) is 9.59 Å². The lowest BCUT2D eigenvalue weighted by atomic mass is 9.92. The SMILES string of the molecule is CC(C)CCN1C(=O)C(C)(C)COc2ccc(NC(=O)/C=C/c3ccoc3)cc21. The van der Waals surface area contributed by atoms with Crippen LogP contribution in [0.4, 0.5) is 11.4 Å². The standard InChI is InChI=1S/C23H28N2O4/c1-16(2)9-11-25-19-13-18(24-21(26)8-5-17-10-12-28-14-17)6-7-20(19)29-15-23(3,4)22(25)27/h5-8,10,12-14,16H,9,11,15H2,1-4H3,(H,24,26)/b8-5+. The lowest BCUT2D eigenvalue weighted by Gasteiger charge is -2.28. The number of ether oxygens (including phenoxy) is 1. The lowest BCUT2D eigenvalue weighted by Crippen LogP contribution is -2.42. The molecule has 0 spiro atoms. The molecule has 154 valence electrons. The van der Waals surface area contributed by atoms with E-state index in [0.717, 1.165) is 12.0 Å². The van der Waals surface area contributed by atoms with E-state index in [1.54, 1.807) is 41.7 Å². The molecule has 29 heavy (non-hydrogen) atoms. The Bertz CT molecular complexity index is 898. The first-order valence-corrected chi connectivity index (χ1v) is 9.86. The van der Waals surface area contributed by atoms with E-state index in [1.807, 2.05) is 19.9 Å². The van der Waals surface area contributed by atoms with Gasteiger partial charge in [0, 0.05) is 23.9 Å². The molecule has 1 N–H and O–H groups in total. The third kappa shape index (κ3) is 5.08. The third-order valence-electron chi connectivity index (χ3n) is 4.83. The van der Waals surface area contributed by atoms with Crippen molar-refractivity contribution in [2.24, 2.45) is 11.3 Å². The van der Waals surface area contributed by atoms with Gasteiger partial charge in [0.15, 0.2) is 0 Å². The Hall–Kier alpha value is -3.02. The van der Waals surface area contributed by atoms with E-state index < -0.39 is 5.41 Å². The van der Waals surface area contributed by atoms with Gasteiger partial charge in [-0.3, -0.25) is 9.59 Å². The summed E-state index contributed by atoms with van der Waals surface area (Å²) in [6, 6.07) is 7.16. The fourth-order valence-corrected chi connectivity index (χ4v) is 3.06. The number of anilines is 2. The molecule has 0 unspecified atom stereocenters. The van der Waals surface area contributed by atoms with Crippen LogP contribution in [0.1, 0.15) is 39.7 Å². The first-order valence-electron chi connectivity index (χ1n) is 9.86. The van der Waals surface area contributed by atoms with Gasteiger partial charge in [0.25, 0.3) is 0 Å². The Morgan fingerprint density at radius 1 is 1.31 bits per heavy atom. The summed E-state index contributed by atoms with van der Waals surface area (Å²) in [5.74, 6) is 0.885. The van der Waals surface area contributed by atoms with Gasteiger partial charge in [-0.2, -0.15) is 0 Å². The Kier molecular flexibility index (Phi) is 6.11. The molecule has 2 aromatic rings. The first kappa shape index (κ1) is 20.7. The smallest absolute Gasteiger partial charge is 0.248 e. The number of nitrogens with zero attached hydrogens (tertiary/aromatic N) is 1. The van der Waals surface area contributed by atoms with Gasteiger partial charge >= 0.3 is 0 Å². The second-order valence-electron chi connectivity index (χ2n) is 8.37. The van der Waals surface area contributed by atoms with E-state index in [0.29, 0.717) is 36.2 Å². The molecule has 6 nitrogen and oxygen atoms in total. The van der Waals surface area contributed by atoms with Crippen molar-refractivity contribution in [3.8, 4) is 5.75 Å². The van der Waals surface area contributed by atoms with Crippen molar-refractivity contribution in [3.05, 3.63) is 48.4 Å². The van der Waals surface area contributed by atoms with Crippen LogP contribution >= 0.6 is 0 Å². The van der Waals surface area contributed by atoms with Crippen LogP contribution in [0.15, 0.2) is 47.3 Å². The fourth-order valence-electron chi connectivity index (χ4n) is 3.06. The number of carbonyl (C=O) groups excluding carboxylic acids is 2. The molecule has 6 heteroatoms. The van der Waals surface area contributed by atoms with Crippen molar-refractivity contribution >= 4 is 29.3 Å². The quantitative estimate of drug-likeness (QED) is 0.717. The topological polar surface area (TPSA) is 71.8 Å². The largest absolute Gasteiger partial charge is 0.490 e. The van der Waals surface area contributed by atoms with Crippen LogP contribution in [0.5, 0.6) is 5.75 Å². The molecule has 1 aliphatic rings. The van der Waals surface area contributed by atoms with Crippen molar-refractivity contribution in [1.29, 1.82) is 0 Å². The Balaban J connectivity index is 1.84. The molecule has 0 saturated carbocycles. The van der Waals surface area contributed by atoms with Gasteiger partial charge in [-0.25, -0.2) is 0 Å². The highest BCUT2D eigenvalue weighted by Crippen LogP contribution is 2.38. The van der Waals surface area contributed by atoms with Crippen LogP contribution in [-0.4, -0.2) is 25.0 Å². The highest BCUT2D eigenvalue weighted by atomic mass is 16.5. The summed E-state index contributed by atoms with van der Waals surface area (Å²) in [4.78, 5) is 27.2. The van der Waals surface area contributed by atoms with E-state index in [-0.39, 0.29) is 11.8 Å². The van der Waals surface area contributed by atoms with Crippen molar-refractivity contribution in [3.63, 3.8) is 0 Å². The van der Waals surface area contributed by atoms with Crippen LogP contribution in [0, 0.1) is 11.3 Å². The van der Waals surface area contributed by atoms with Gasteiger partial charge in [-0.15, -0.1) is 0 Å². The Morgan fingerprint density at radius 3 is 2.79 bits per heavy atom. The zero-order valence-electron chi connectivity index (χ0n) is 17.4. The number of nitrogens with one attached hydrogen (secondary N) is 1. The number of hydrogen-bond donors (Lipinski definition) is 1. The third-order valence-corrected chi connectivity index (χ3v) is 4.83. The molecule has 1 aromatic carbocycles. The molecule has 0 bridgehead atoms. The molecular formula is C23H28N2O4. The average Bonchev–Trinajstić information content (AvgIpc) is 3.16. The molecule has 2 heterocycles. The maximum atomic E-state index is 13.1. The van der Waals surface area contributed by atoms with Crippen molar-refractivity contribution in [2.75, 3.05) is 23.4 Å². The number of furan rings is 1. The highest BCUT2D eigenvalue weighted by Gasteiger charge is 2.37. The maximum absolute atomic E-state index is 13.1. The van der Waals surface area contributed by atoms with Gasteiger partial charge in [0.1, 0.15) is 12.4 Å². The second kappa shape index (κ2) is 8.55. The van der Waals surface area contributed by atoms with Crippen LogP contribution in [0.3, 0.4) is 0 Å². The second-order valence-corrected chi connectivity index (χ2v) is 8.37. The predicted molar refractivity (Wildman–Crippen MR) is 114 cm³/mol. The van der Waals surface area contributed by atoms with Crippen LogP contribution in [0.25, 0.3) is 6.08 Å². The zero-order chi connectivity index (χ0) is 21.0. The Labute approximate surface area is 171 Å². The number of fused-ring (bicyclic) bond motifs is 1. The molecule has 1 aliphatic heterocycles. The summed E-state index contributed by atoms with van der Waals surface area (Å²) < 4.78 is 10.9. The Morgan fingerprint density at radius 2 is 2.10 bits per heavy atom. The molecule has 0 fully saturated rings. The molecule has 0 saturated heterocycles. The summed E-state index contributed by atoms with van der Waals surface area (Å²) in [7, 11) is 0. The summed E-state index contributed by atoms with van der Waals surface area (Å²) in [6.07, 6.45) is 7.10. The van der Waals surface area contributed by atoms with E-state index in [4.69, 9.17) is 9.15 Å². The molecule has 0 atom stereocenters. The lowest BCUT2D eigenvalue weighted by molar-refractivity contribution is -0.127. The van der Waals surface area contributed by atoms with Crippen LogP contribution in [0.2, 0.25) is 0 Å². The monoisotopic (exact) mass is 396 g/mol. The van der Waals surface area contributed by atoms with Gasteiger partial charge in [-0.05, 0) is 56.5 Å². The number of rotatable bonds is 6. The summed E-state index contributed by atoms with van der Waals surface area (Å²) >= 11 is 0. The van der Waals surface area contributed by atoms with Crippen LogP contribution in [-0.2, 0) is 9.59 Å². The normalized spacial score (nSPS) is 15.9. The van der Waals surface area contributed by atoms with E-state index in [1.165, 1.54) is 6.08 Å². The maximum Gasteiger partial charge on any atom is 0.248 e. The predicted octanol–water partition coefficient (Wildman–Crippen LogP) is 4.73. The van der Waals surface area contributed by atoms with Gasteiger partial charge in [-0.1, -0.05) is 13.8 Å². The number of amides is 2. The molecule has 1 aromatic heterocycles. The van der Waals surface area contributed by atoms with Crippen molar-refractivity contribution in [1.82, 2.24) is 0 Å². The minimum absolute atomic E-state index is 0.0280. The molecular weight excluding hydrogens is 368 g/mol. The van der Waals surface area contributed by atoms with Gasteiger partial charge < -0.3 is 19.4 Å². The van der Waals surface area contributed by atoms with Gasteiger partial charge in [0.05, 0.1) is 23.6 Å². The fraction of sp³-hybridized carbons (Fsp3) is 0.391. The van der Waals surface area contributed by atoms with Gasteiger partial charge in [0.2, 0.25) is 11.8 Å². The molecule has 0 radical (unpaired) electrons. The van der Waals surface area contributed by atoms with E-state index in [2.05, 4.69) is 19.2 Å². The number of carbonyl (C=O) groups is 2. The minimum Gasteiger partial charge on any atom is -0.490 e. The summed E-state index contributed by atoms with van der Waals surface area (Å²) in [6.45, 7) is 8.98. The summed E-state index contributed by atoms with van der Waals surface area (Å²) in [5.41, 5.74) is 1.49. The van der Waals surface area contributed by atoms with Crippen molar-refractivity contribution < 1.29 is 18.7 Å². The zero-order valence-corrected chi connectivity index (χ0v) is 17.4. The number of hydrogen-bond acceptors (Lipinski definition) is 4. The number of benzene rings is 1. The van der Waals surface area contributed by atoms with Crippen LogP contribution < -0.4 is 15.0 Å². The van der Waals surface area contributed by atoms with Crippen molar-refractivity contribution in [2.45, 2.75) is 34.1 Å². The minimum atomic E-state index is -0.618.